The molecule has 0 spiro atoms. The van der Waals surface area contributed by atoms with Crippen LogP contribution in [0.4, 0.5) is 0 Å². The molecule has 1 amide bonds. The summed E-state index contributed by atoms with van der Waals surface area (Å²) < 4.78 is 0. The first kappa shape index (κ1) is 9.83. The Hall–Kier alpha value is -1.26. The van der Waals surface area contributed by atoms with Gasteiger partial charge in [-0.1, -0.05) is 17.7 Å². The molecule has 1 aromatic rings. The number of phenols is 1. The van der Waals surface area contributed by atoms with Gasteiger partial charge in [-0.3, -0.25) is 10.0 Å². The van der Waals surface area contributed by atoms with Gasteiger partial charge >= 0.3 is 0 Å². The molecule has 13 heavy (non-hydrogen) atoms. The number of hydroxylamine groups is 1. The molecule has 4 nitrogen and oxygen atoms in total. The van der Waals surface area contributed by atoms with Gasteiger partial charge in [-0.25, -0.2) is 5.48 Å². The maximum Gasteiger partial charge on any atom is 0.247 e. The third-order valence-electron chi connectivity index (χ3n) is 1.51. The standard InChI is InChI=1S/C8H8ClNO3/c9-7-4-6(11)2-1-5(7)3-8(12)10-13/h1-2,4,11,13H,3H2,(H,10,12). The summed E-state index contributed by atoms with van der Waals surface area (Å²) in [5.41, 5.74) is 2.04. The molecule has 1 rings (SSSR count). The van der Waals surface area contributed by atoms with E-state index in [0.29, 0.717) is 10.6 Å². The van der Waals surface area contributed by atoms with E-state index in [1.54, 1.807) is 0 Å². The monoisotopic (exact) mass is 201 g/mol. The Morgan fingerprint density at radius 1 is 1.54 bits per heavy atom. The molecule has 0 aliphatic rings. The molecule has 0 bridgehead atoms. The average molecular weight is 202 g/mol. The lowest BCUT2D eigenvalue weighted by atomic mass is 10.1. The van der Waals surface area contributed by atoms with Gasteiger partial charge in [0, 0.05) is 5.02 Å². The summed E-state index contributed by atoms with van der Waals surface area (Å²) in [6.45, 7) is 0. The summed E-state index contributed by atoms with van der Waals surface area (Å²) in [5.74, 6) is -0.509. The van der Waals surface area contributed by atoms with Gasteiger partial charge < -0.3 is 5.11 Å². The van der Waals surface area contributed by atoms with Crippen molar-refractivity contribution in [1.29, 1.82) is 0 Å². The zero-order valence-corrected chi connectivity index (χ0v) is 7.38. The number of rotatable bonds is 2. The number of halogens is 1. The summed E-state index contributed by atoms with van der Waals surface area (Å²) >= 11 is 5.71. The van der Waals surface area contributed by atoms with E-state index in [1.165, 1.54) is 23.7 Å². The normalized spacial score (nSPS) is 9.69. The van der Waals surface area contributed by atoms with Gasteiger partial charge in [0.15, 0.2) is 0 Å². The Morgan fingerprint density at radius 2 is 2.23 bits per heavy atom. The molecule has 0 atom stereocenters. The maximum absolute atomic E-state index is 10.7. The van der Waals surface area contributed by atoms with Crippen molar-refractivity contribution in [1.82, 2.24) is 5.48 Å². The highest BCUT2D eigenvalue weighted by atomic mass is 35.5. The molecule has 0 saturated heterocycles. The van der Waals surface area contributed by atoms with E-state index >= 15 is 0 Å². The first-order chi connectivity index (χ1) is 6.13. The van der Waals surface area contributed by atoms with Crippen molar-refractivity contribution in [2.75, 3.05) is 0 Å². The van der Waals surface area contributed by atoms with Crippen LogP contribution in [0.1, 0.15) is 5.56 Å². The number of phenolic OH excluding ortho intramolecular Hbond substituents is 1. The van der Waals surface area contributed by atoms with Crippen molar-refractivity contribution >= 4 is 17.5 Å². The van der Waals surface area contributed by atoms with Crippen molar-refractivity contribution in [2.24, 2.45) is 0 Å². The molecule has 0 unspecified atom stereocenters. The van der Waals surface area contributed by atoms with Crippen molar-refractivity contribution in [3.8, 4) is 5.75 Å². The van der Waals surface area contributed by atoms with Crippen molar-refractivity contribution in [3.63, 3.8) is 0 Å². The van der Waals surface area contributed by atoms with Gasteiger partial charge in [-0.2, -0.15) is 0 Å². The highest BCUT2D eigenvalue weighted by Gasteiger charge is 2.06. The van der Waals surface area contributed by atoms with E-state index in [1.807, 2.05) is 0 Å². The fourth-order valence-electron chi connectivity index (χ4n) is 0.892. The van der Waals surface area contributed by atoms with Gasteiger partial charge in [-0.15, -0.1) is 0 Å². The van der Waals surface area contributed by atoms with Gasteiger partial charge in [0.25, 0.3) is 0 Å². The molecule has 0 radical (unpaired) electrons. The van der Waals surface area contributed by atoms with Gasteiger partial charge in [0.05, 0.1) is 6.42 Å². The van der Waals surface area contributed by atoms with E-state index in [0.717, 1.165) is 0 Å². The molecular weight excluding hydrogens is 194 g/mol. The van der Waals surface area contributed by atoms with Crippen LogP contribution in [0, 0.1) is 0 Å². The van der Waals surface area contributed by atoms with E-state index < -0.39 is 5.91 Å². The minimum absolute atomic E-state index is 0.0182. The quantitative estimate of drug-likeness (QED) is 0.496. The summed E-state index contributed by atoms with van der Waals surface area (Å²) in [4.78, 5) is 10.7. The Kier molecular flexibility index (Phi) is 3.11. The number of benzene rings is 1. The zero-order chi connectivity index (χ0) is 9.84. The SMILES string of the molecule is O=C(Cc1ccc(O)cc1Cl)NO. The van der Waals surface area contributed by atoms with Crippen LogP contribution >= 0.6 is 11.6 Å². The van der Waals surface area contributed by atoms with Crippen LogP contribution < -0.4 is 5.48 Å². The Balaban J connectivity index is 2.83. The fraction of sp³-hybridized carbons (Fsp3) is 0.125. The van der Waals surface area contributed by atoms with E-state index in [-0.39, 0.29) is 12.2 Å². The number of aromatic hydroxyl groups is 1. The molecule has 0 aromatic heterocycles. The number of amides is 1. The van der Waals surface area contributed by atoms with Crippen LogP contribution in [0.5, 0.6) is 5.75 Å². The molecule has 0 saturated carbocycles. The second-order valence-electron chi connectivity index (χ2n) is 2.49. The third kappa shape index (κ3) is 2.61. The first-order valence-corrected chi connectivity index (χ1v) is 3.91. The summed E-state index contributed by atoms with van der Waals surface area (Å²) in [7, 11) is 0. The fourth-order valence-corrected chi connectivity index (χ4v) is 1.13. The van der Waals surface area contributed by atoms with Gasteiger partial charge in [-0.05, 0) is 17.7 Å². The summed E-state index contributed by atoms with van der Waals surface area (Å²) in [5, 5.41) is 17.5. The summed E-state index contributed by atoms with van der Waals surface area (Å²) in [6.07, 6.45) is -0.0182. The minimum Gasteiger partial charge on any atom is -0.508 e. The Bertz CT molecular complexity index is 327. The van der Waals surface area contributed by atoms with Crippen molar-refractivity contribution in [2.45, 2.75) is 6.42 Å². The Labute approximate surface area is 79.7 Å². The average Bonchev–Trinajstić information content (AvgIpc) is 2.09. The molecule has 5 heteroatoms. The first-order valence-electron chi connectivity index (χ1n) is 3.54. The molecule has 0 aliphatic heterocycles. The van der Waals surface area contributed by atoms with Crippen LogP contribution in [0.2, 0.25) is 5.02 Å². The zero-order valence-electron chi connectivity index (χ0n) is 6.62. The minimum atomic E-state index is -0.549. The number of hydrogen-bond acceptors (Lipinski definition) is 3. The van der Waals surface area contributed by atoms with Crippen molar-refractivity contribution in [3.05, 3.63) is 28.8 Å². The molecule has 1 aromatic carbocycles. The number of hydrogen-bond donors (Lipinski definition) is 3. The lowest BCUT2D eigenvalue weighted by Gasteiger charge is -2.02. The third-order valence-corrected chi connectivity index (χ3v) is 1.86. The highest BCUT2D eigenvalue weighted by Crippen LogP contribution is 2.21. The molecule has 3 N–H and O–H groups in total. The molecule has 0 fully saturated rings. The van der Waals surface area contributed by atoms with Crippen LogP contribution in [0.3, 0.4) is 0 Å². The number of nitrogens with one attached hydrogen (secondary N) is 1. The van der Waals surface area contributed by atoms with E-state index in [4.69, 9.17) is 21.9 Å². The van der Waals surface area contributed by atoms with Gasteiger partial charge in [0.1, 0.15) is 5.75 Å². The van der Waals surface area contributed by atoms with Gasteiger partial charge in [0.2, 0.25) is 5.91 Å². The van der Waals surface area contributed by atoms with Crippen molar-refractivity contribution < 1.29 is 15.1 Å². The van der Waals surface area contributed by atoms with Crippen LogP contribution in [-0.2, 0) is 11.2 Å². The smallest absolute Gasteiger partial charge is 0.247 e. The van der Waals surface area contributed by atoms with Crippen LogP contribution in [0.15, 0.2) is 18.2 Å². The topological polar surface area (TPSA) is 69.6 Å². The van der Waals surface area contributed by atoms with Crippen LogP contribution in [0.25, 0.3) is 0 Å². The lowest BCUT2D eigenvalue weighted by molar-refractivity contribution is -0.128. The molecule has 0 heterocycles. The van der Waals surface area contributed by atoms with Crippen LogP contribution in [-0.4, -0.2) is 16.2 Å². The highest BCUT2D eigenvalue weighted by molar-refractivity contribution is 6.31. The predicted molar refractivity (Wildman–Crippen MR) is 46.8 cm³/mol. The maximum atomic E-state index is 10.7. The largest absolute Gasteiger partial charge is 0.508 e. The molecule has 0 aliphatic carbocycles. The summed E-state index contributed by atoms with van der Waals surface area (Å²) in [6, 6.07) is 4.28. The lowest BCUT2D eigenvalue weighted by Crippen LogP contribution is -2.20. The second kappa shape index (κ2) is 4.11. The molecule has 70 valence electrons. The number of carbonyl (C=O) groups excluding carboxylic acids is 1. The molecular formula is C8H8ClNO3. The second-order valence-corrected chi connectivity index (χ2v) is 2.89. The number of carbonyl (C=O) groups is 1. The van der Waals surface area contributed by atoms with E-state index in [2.05, 4.69) is 0 Å². The van der Waals surface area contributed by atoms with E-state index in [9.17, 15) is 4.79 Å². The predicted octanol–water partition coefficient (Wildman–Crippen LogP) is 1.09. The Morgan fingerprint density at radius 3 is 2.77 bits per heavy atom.